The van der Waals surface area contributed by atoms with E-state index in [1.54, 1.807) is 6.20 Å². The van der Waals surface area contributed by atoms with Gasteiger partial charge in [0, 0.05) is 37.7 Å². The fourth-order valence-corrected chi connectivity index (χ4v) is 2.15. The van der Waals surface area contributed by atoms with Crippen molar-refractivity contribution in [1.29, 1.82) is 0 Å². The lowest BCUT2D eigenvalue weighted by Crippen LogP contribution is -2.25. The zero-order valence-corrected chi connectivity index (χ0v) is 12.1. The lowest BCUT2D eigenvalue weighted by molar-refractivity contribution is 0.302. The number of likely N-dealkylation sites (N-methyl/N-ethyl adjacent to an activating group) is 1. The summed E-state index contributed by atoms with van der Waals surface area (Å²) in [6.45, 7) is 4.57. The van der Waals surface area contributed by atoms with Crippen molar-refractivity contribution >= 4 is 11.4 Å². The molecule has 2 rings (SSSR count). The Morgan fingerprint density at radius 1 is 1.25 bits per heavy atom. The van der Waals surface area contributed by atoms with Crippen molar-refractivity contribution in [3.63, 3.8) is 0 Å². The second-order valence-electron chi connectivity index (χ2n) is 4.65. The molecule has 0 aliphatic heterocycles. The van der Waals surface area contributed by atoms with Gasteiger partial charge in [-0.1, -0.05) is 0 Å². The molecule has 1 heterocycles. The summed E-state index contributed by atoms with van der Waals surface area (Å²) in [5, 5.41) is 16.6. The monoisotopic (exact) mass is 274 g/mol. The van der Waals surface area contributed by atoms with Crippen LogP contribution in [-0.4, -0.2) is 34.6 Å². The zero-order chi connectivity index (χ0) is 14.4. The summed E-state index contributed by atoms with van der Waals surface area (Å²) in [6.07, 6.45) is 1.80. The van der Waals surface area contributed by atoms with E-state index in [-0.39, 0.29) is 6.61 Å². The quantitative estimate of drug-likeness (QED) is 0.809. The first-order chi connectivity index (χ1) is 9.74. The van der Waals surface area contributed by atoms with Crippen LogP contribution in [0, 0.1) is 0 Å². The summed E-state index contributed by atoms with van der Waals surface area (Å²) in [6, 6.07) is 10.3. The SMILES string of the molecule is CCN(CCO)c1ccc(NCc2ccnn2C)cc1. The maximum Gasteiger partial charge on any atom is 0.0606 e. The third-order valence-corrected chi connectivity index (χ3v) is 3.38. The molecule has 0 aliphatic carbocycles. The molecule has 2 N–H and O–H groups in total. The molecule has 108 valence electrons. The van der Waals surface area contributed by atoms with Crippen molar-refractivity contribution < 1.29 is 5.11 Å². The third kappa shape index (κ3) is 3.51. The van der Waals surface area contributed by atoms with Crippen molar-refractivity contribution in [1.82, 2.24) is 9.78 Å². The molecule has 0 fully saturated rings. The summed E-state index contributed by atoms with van der Waals surface area (Å²) in [5.74, 6) is 0. The van der Waals surface area contributed by atoms with Crippen LogP contribution >= 0.6 is 0 Å². The van der Waals surface area contributed by atoms with Gasteiger partial charge in [0.25, 0.3) is 0 Å². The Balaban J connectivity index is 1.96. The average molecular weight is 274 g/mol. The summed E-state index contributed by atoms with van der Waals surface area (Å²) in [7, 11) is 1.94. The Morgan fingerprint density at radius 3 is 2.55 bits per heavy atom. The van der Waals surface area contributed by atoms with Crippen LogP contribution in [0.1, 0.15) is 12.6 Å². The number of hydrogen-bond donors (Lipinski definition) is 2. The maximum atomic E-state index is 9.04. The first kappa shape index (κ1) is 14.4. The second kappa shape index (κ2) is 6.96. The predicted octanol–water partition coefficient (Wildman–Crippen LogP) is 1.85. The molecule has 20 heavy (non-hydrogen) atoms. The summed E-state index contributed by atoms with van der Waals surface area (Å²) >= 11 is 0. The number of anilines is 2. The molecule has 5 heteroatoms. The highest BCUT2D eigenvalue weighted by Gasteiger charge is 2.03. The van der Waals surface area contributed by atoms with Crippen LogP contribution in [0.25, 0.3) is 0 Å². The molecule has 0 saturated carbocycles. The molecule has 1 aromatic heterocycles. The van der Waals surface area contributed by atoms with E-state index in [1.807, 2.05) is 17.8 Å². The van der Waals surface area contributed by atoms with Gasteiger partial charge in [-0.2, -0.15) is 5.10 Å². The van der Waals surface area contributed by atoms with E-state index >= 15 is 0 Å². The number of rotatable bonds is 7. The van der Waals surface area contributed by atoms with E-state index in [0.29, 0.717) is 6.54 Å². The molecule has 0 atom stereocenters. The standard InChI is InChI=1S/C15H22N4O/c1-3-19(10-11-20)14-6-4-13(5-7-14)16-12-15-8-9-17-18(15)2/h4-9,16,20H,3,10-12H2,1-2H3. The molecule has 0 bridgehead atoms. The fraction of sp³-hybridized carbons (Fsp3) is 0.400. The van der Waals surface area contributed by atoms with Gasteiger partial charge in [0.1, 0.15) is 0 Å². The molecule has 5 nitrogen and oxygen atoms in total. The molecule has 0 saturated heterocycles. The van der Waals surface area contributed by atoms with E-state index < -0.39 is 0 Å². The molecule has 0 radical (unpaired) electrons. The average Bonchev–Trinajstić information content (AvgIpc) is 2.89. The smallest absolute Gasteiger partial charge is 0.0606 e. The number of benzene rings is 1. The van der Waals surface area contributed by atoms with Crippen molar-refractivity contribution in [3.05, 3.63) is 42.2 Å². The minimum absolute atomic E-state index is 0.175. The Hall–Kier alpha value is -2.01. The largest absolute Gasteiger partial charge is 0.395 e. The van der Waals surface area contributed by atoms with E-state index in [2.05, 4.69) is 46.5 Å². The third-order valence-electron chi connectivity index (χ3n) is 3.38. The van der Waals surface area contributed by atoms with Crippen molar-refractivity contribution in [3.8, 4) is 0 Å². The van der Waals surface area contributed by atoms with Gasteiger partial charge >= 0.3 is 0 Å². The highest BCUT2D eigenvalue weighted by atomic mass is 16.3. The second-order valence-corrected chi connectivity index (χ2v) is 4.65. The number of aromatic nitrogens is 2. The first-order valence-corrected chi connectivity index (χ1v) is 6.91. The topological polar surface area (TPSA) is 53.3 Å². The molecular formula is C15H22N4O. The van der Waals surface area contributed by atoms with E-state index in [4.69, 9.17) is 5.11 Å². The lowest BCUT2D eigenvalue weighted by atomic mass is 10.2. The molecule has 0 spiro atoms. The van der Waals surface area contributed by atoms with E-state index in [9.17, 15) is 0 Å². The zero-order valence-electron chi connectivity index (χ0n) is 12.1. The van der Waals surface area contributed by atoms with Crippen molar-refractivity contribution in [2.24, 2.45) is 7.05 Å². The van der Waals surface area contributed by atoms with Crippen LogP contribution in [0.2, 0.25) is 0 Å². The molecular weight excluding hydrogens is 252 g/mol. The molecule has 0 unspecified atom stereocenters. The van der Waals surface area contributed by atoms with E-state index in [1.165, 1.54) is 0 Å². The summed E-state index contributed by atoms with van der Waals surface area (Å²) in [5.41, 5.74) is 3.35. The minimum Gasteiger partial charge on any atom is -0.395 e. The van der Waals surface area contributed by atoms with Crippen LogP contribution in [-0.2, 0) is 13.6 Å². The van der Waals surface area contributed by atoms with Crippen LogP contribution in [0.15, 0.2) is 36.5 Å². The normalized spacial score (nSPS) is 10.6. The Morgan fingerprint density at radius 2 is 2.00 bits per heavy atom. The van der Waals surface area contributed by atoms with E-state index in [0.717, 1.165) is 30.2 Å². The lowest BCUT2D eigenvalue weighted by Gasteiger charge is -2.22. The van der Waals surface area contributed by atoms with Gasteiger partial charge in [-0.25, -0.2) is 0 Å². The summed E-state index contributed by atoms with van der Waals surface area (Å²) < 4.78 is 1.86. The number of nitrogens with zero attached hydrogens (tertiary/aromatic N) is 3. The van der Waals surface area contributed by atoms with Crippen LogP contribution in [0.5, 0.6) is 0 Å². The predicted molar refractivity (Wildman–Crippen MR) is 81.9 cm³/mol. The van der Waals surface area contributed by atoms with Gasteiger partial charge in [0.15, 0.2) is 0 Å². The number of nitrogens with one attached hydrogen (secondary N) is 1. The fourth-order valence-electron chi connectivity index (χ4n) is 2.15. The Bertz CT molecular complexity index is 521. The number of aryl methyl sites for hydroxylation is 1. The molecule has 0 amide bonds. The Kier molecular flexibility index (Phi) is 5.01. The molecule has 0 aliphatic rings. The number of aliphatic hydroxyl groups excluding tert-OH is 1. The van der Waals surface area contributed by atoms with Gasteiger partial charge in [-0.3, -0.25) is 4.68 Å². The molecule has 1 aromatic carbocycles. The van der Waals surface area contributed by atoms with Gasteiger partial charge in [0.05, 0.1) is 18.8 Å². The highest BCUT2D eigenvalue weighted by Crippen LogP contribution is 2.18. The van der Waals surface area contributed by atoms with Crippen molar-refractivity contribution in [2.45, 2.75) is 13.5 Å². The maximum absolute atomic E-state index is 9.04. The van der Waals surface area contributed by atoms with Gasteiger partial charge < -0.3 is 15.3 Å². The Labute approximate surface area is 119 Å². The van der Waals surface area contributed by atoms with Crippen LogP contribution in [0.3, 0.4) is 0 Å². The minimum atomic E-state index is 0.175. The number of aliphatic hydroxyl groups is 1. The van der Waals surface area contributed by atoms with Crippen LogP contribution < -0.4 is 10.2 Å². The van der Waals surface area contributed by atoms with Crippen LogP contribution in [0.4, 0.5) is 11.4 Å². The summed E-state index contributed by atoms with van der Waals surface area (Å²) in [4.78, 5) is 2.14. The first-order valence-electron chi connectivity index (χ1n) is 6.91. The molecule has 2 aromatic rings. The highest BCUT2D eigenvalue weighted by molar-refractivity contribution is 5.55. The van der Waals surface area contributed by atoms with Gasteiger partial charge in [0.2, 0.25) is 0 Å². The van der Waals surface area contributed by atoms with Crippen molar-refractivity contribution in [2.75, 3.05) is 29.9 Å². The number of hydrogen-bond acceptors (Lipinski definition) is 4. The van der Waals surface area contributed by atoms with Gasteiger partial charge in [-0.15, -0.1) is 0 Å². The van der Waals surface area contributed by atoms with Gasteiger partial charge in [-0.05, 0) is 37.3 Å².